The molecule has 0 radical (unpaired) electrons. The van der Waals surface area contributed by atoms with Gasteiger partial charge in [0.2, 0.25) is 5.95 Å². The first-order valence-electron chi connectivity index (χ1n) is 9.48. The lowest BCUT2D eigenvalue weighted by Gasteiger charge is -2.07. The van der Waals surface area contributed by atoms with Crippen LogP contribution in [0.15, 0.2) is 54.2 Å². The van der Waals surface area contributed by atoms with Gasteiger partial charge in [-0.1, -0.05) is 46.9 Å². The van der Waals surface area contributed by atoms with Gasteiger partial charge in [-0.3, -0.25) is 10.1 Å². The van der Waals surface area contributed by atoms with Crippen molar-refractivity contribution in [3.8, 4) is 5.75 Å². The van der Waals surface area contributed by atoms with E-state index in [2.05, 4.69) is 15.4 Å². The number of carbonyl (C=O) groups is 1. The highest BCUT2D eigenvalue weighted by Crippen LogP contribution is 2.27. The highest BCUT2D eigenvalue weighted by Gasteiger charge is 2.13. The van der Waals surface area contributed by atoms with E-state index >= 15 is 0 Å². The van der Waals surface area contributed by atoms with E-state index in [9.17, 15) is 4.79 Å². The van der Waals surface area contributed by atoms with Gasteiger partial charge in [-0.05, 0) is 53.8 Å². The zero-order chi connectivity index (χ0) is 22.7. The summed E-state index contributed by atoms with van der Waals surface area (Å²) in [4.78, 5) is 17.2. The molecule has 0 unspecified atom stereocenters. The number of benzene rings is 2. The highest BCUT2D eigenvalue weighted by atomic mass is 35.5. The van der Waals surface area contributed by atoms with E-state index in [1.54, 1.807) is 28.9 Å². The lowest BCUT2D eigenvalue weighted by atomic mass is 10.2. The molecule has 0 atom stereocenters. The minimum absolute atomic E-state index is 0.206. The minimum atomic E-state index is -0.294. The van der Waals surface area contributed by atoms with E-state index in [1.165, 1.54) is 17.7 Å². The standard InChI is InChI=1S/C22H17Cl3N4O2S/c1-13-2-5-17(24)19(6-13)31-10-14-7-20(32-11-14)21(30)27-22-26-12-29(28-22)9-15-3-4-16(23)8-18(15)25/h2-8,11-12H,9-10H2,1H3,(H,27,28,30). The van der Waals surface area contributed by atoms with Gasteiger partial charge in [-0.15, -0.1) is 16.4 Å². The molecule has 1 N–H and O–H groups in total. The second kappa shape index (κ2) is 9.92. The monoisotopic (exact) mass is 506 g/mol. The summed E-state index contributed by atoms with van der Waals surface area (Å²) >= 11 is 19.6. The zero-order valence-corrected chi connectivity index (χ0v) is 19.9. The Morgan fingerprint density at radius 2 is 1.97 bits per heavy atom. The fourth-order valence-corrected chi connectivity index (χ4v) is 4.30. The molecular formula is C22H17Cl3N4O2S. The quantitative estimate of drug-likeness (QED) is 0.310. The maximum atomic E-state index is 12.6. The Hall–Kier alpha value is -2.58. The molecule has 2 aromatic carbocycles. The molecule has 1 amide bonds. The Kier molecular flexibility index (Phi) is 7.01. The van der Waals surface area contributed by atoms with Crippen LogP contribution in [0.1, 0.15) is 26.4 Å². The lowest BCUT2D eigenvalue weighted by molar-refractivity contribution is 0.102. The first kappa shape index (κ1) is 22.6. The molecule has 0 fully saturated rings. The number of ether oxygens (including phenoxy) is 1. The molecule has 4 rings (SSSR count). The van der Waals surface area contributed by atoms with Gasteiger partial charge in [0.05, 0.1) is 16.4 Å². The molecule has 0 aliphatic carbocycles. The Morgan fingerprint density at radius 1 is 1.12 bits per heavy atom. The summed E-state index contributed by atoms with van der Waals surface area (Å²) in [5, 5.41) is 10.5. The molecule has 32 heavy (non-hydrogen) atoms. The summed E-state index contributed by atoms with van der Waals surface area (Å²) in [7, 11) is 0. The summed E-state index contributed by atoms with van der Waals surface area (Å²) < 4.78 is 7.38. The number of thiophene rings is 1. The second-order valence-electron chi connectivity index (χ2n) is 7.00. The fraction of sp³-hybridized carbons (Fsp3) is 0.136. The number of hydrogen-bond acceptors (Lipinski definition) is 5. The molecule has 0 spiro atoms. The number of halogens is 3. The van der Waals surface area contributed by atoms with Gasteiger partial charge in [0.25, 0.3) is 5.91 Å². The second-order valence-corrected chi connectivity index (χ2v) is 9.16. The largest absolute Gasteiger partial charge is 0.487 e. The molecule has 0 aliphatic heterocycles. The fourth-order valence-electron chi connectivity index (χ4n) is 2.87. The number of aromatic nitrogens is 3. The molecular weight excluding hydrogens is 491 g/mol. The van der Waals surface area contributed by atoms with Crippen molar-refractivity contribution >= 4 is 58.0 Å². The number of hydrogen-bond donors (Lipinski definition) is 1. The van der Waals surface area contributed by atoms with E-state index < -0.39 is 0 Å². The van der Waals surface area contributed by atoms with Crippen LogP contribution in [0, 0.1) is 6.92 Å². The maximum absolute atomic E-state index is 12.6. The number of nitrogens with one attached hydrogen (secondary N) is 1. The number of nitrogens with zero attached hydrogens (tertiary/aromatic N) is 3. The third kappa shape index (κ3) is 5.61. The van der Waals surface area contributed by atoms with Crippen molar-refractivity contribution in [2.45, 2.75) is 20.1 Å². The van der Waals surface area contributed by atoms with Crippen molar-refractivity contribution in [2.75, 3.05) is 5.32 Å². The van der Waals surface area contributed by atoms with Gasteiger partial charge in [-0.2, -0.15) is 0 Å². The topological polar surface area (TPSA) is 69.0 Å². The Labute approximate surface area is 203 Å². The maximum Gasteiger partial charge on any atom is 0.268 e. The molecule has 0 bridgehead atoms. The number of aryl methyl sites for hydroxylation is 1. The molecule has 2 aromatic heterocycles. The Morgan fingerprint density at radius 3 is 2.78 bits per heavy atom. The van der Waals surface area contributed by atoms with Crippen LogP contribution >= 0.6 is 46.1 Å². The smallest absolute Gasteiger partial charge is 0.268 e. The van der Waals surface area contributed by atoms with Crippen LogP contribution in [0.3, 0.4) is 0 Å². The summed E-state index contributed by atoms with van der Waals surface area (Å²) in [5.41, 5.74) is 2.77. The molecule has 2 heterocycles. The number of amides is 1. The minimum Gasteiger partial charge on any atom is -0.487 e. The van der Waals surface area contributed by atoms with Gasteiger partial charge in [0.15, 0.2) is 0 Å². The average Bonchev–Trinajstić information content (AvgIpc) is 3.40. The predicted octanol–water partition coefficient (Wildman–Crippen LogP) is 6.49. The van der Waals surface area contributed by atoms with Gasteiger partial charge in [-0.25, -0.2) is 9.67 Å². The Balaban J connectivity index is 1.35. The first-order chi connectivity index (χ1) is 15.4. The van der Waals surface area contributed by atoms with E-state index in [0.29, 0.717) is 38.8 Å². The van der Waals surface area contributed by atoms with Crippen LogP contribution < -0.4 is 10.1 Å². The molecule has 10 heteroatoms. The van der Waals surface area contributed by atoms with Crippen molar-refractivity contribution < 1.29 is 9.53 Å². The zero-order valence-electron chi connectivity index (χ0n) is 16.8. The number of rotatable bonds is 7. The summed E-state index contributed by atoms with van der Waals surface area (Å²) in [6, 6.07) is 12.6. The average molecular weight is 508 g/mol. The van der Waals surface area contributed by atoms with Crippen LogP contribution in [-0.4, -0.2) is 20.7 Å². The first-order valence-corrected chi connectivity index (χ1v) is 11.5. The Bertz CT molecular complexity index is 1270. The van der Waals surface area contributed by atoms with E-state index in [-0.39, 0.29) is 11.9 Å². The van der Waals surface area contributed by atoms with Crippen LogP contribution in [0.5, 0.6) is 5.75 Å². The van der Waals surface area contributed by atoms with Crippen LogP contribution in [0.4, 0.5) is 5.95 Å². The molecule has 6 nitrogen and oxygen atoms in total. The van der Waals surface area contributed by atoms with Gasteiger partial charge < -0.3 is 4.74 Å². The molecule has 0 aliphatic rings. The summed E-state index contributed by atoms with van der Waals surface area (Å²) in [6.45, 7) is 2.68. The number of carbonyl (C=O) groups excluding carboxylic acids is 1. The van der Waals surface area contributed by atoms with Crippen molar-refractivity contribution in [1.82, 2.24) is 14.8 Å². The van der Waals surface area contributed by atoms with Crippen molar-refractivity contribution in [2.24, 2.45) is 0 Å². The SMILES string of the molecule is Cc1ccc(Cl)c(OCc2csc(C(=O)Nc3ncn(Cc4ccc(Cl)cc4Cl)n3)c2)c1. The third-order valence-corrected chi connectivity index (χ3v) is 6.34. The van der Waals surface area contributed by atoms with E-state index in [1.807, 2.05) is 30.5 Å². The lowest BCUT2D eigenvalue weighted by Crippen LogP contribution is -2.12. The van der Waals surface area contributed by atoms with Gasteiger partial charge >= 0.3 is 0 Å². The van der Waals surface area contributed by atoms with Crippen molar-refractivity contribution in [1.29, 1.82) is 0 Å². The van der Waals surface area contributed by atoms with Crippen molar-refractivity contribution in [3.63, 3.8) is 0 Å². The molecule has 4 aromatic rings. The van der Waals surface area contributed by atoms with Crippen molar-refractivity contribution in [3.05, 3.63) is 90.8 Å². The molecule has 0 saturated heterocycles. The van der Waals surface area contributed by atoms with Crippen LogP contribution in [0.25, 0.3) is 0 Å². The van der Waals surface area contributed by atoms with E-state index in [0.717, 1.165) is 16.7 Å². The highest BCUT2D eigenvalue weighted by molar-refractivity contribution is 7.12. The third-order valence-electron chi connectivity index (χ3n) is 4.47. The van der Waals surface area contributed by atoms with Gasteiger partial charge in [0.1, 0.15) is 18.7 Å². The summed E-state index contributed by atoms with van der Waals surface area (Å²) in [6.07, 6.45) is 1.53. The van der Waals surface area contributed by atoms with E-state index in [4.69, 9.17) is 39.5 Å². The van der Waals surface area contributed by atoms with Gasteiger partial charge in [0, 0.05) is 15.6 Å². The molecule has 0 saturated carbocycles. The van der Waals surface area contributed by atoms with Crippen LogP contribution in [0.2, 0.25) is 15.1 Å². The number of anilines is 1. The molecule has 164 valence electrons. The normalized spacial score (nSPS) is 10.9. The van der Waals surface area contributed by atoms with Crippen LogP contribution in [-0.2, 0) is 13.2 Å². The summed E-state index contributed by atoms with van der Waals surface area (Å²) in [5.74, 6) is 0.523. The predicted molar refractivity (Wildman–Crippen MR) is 128 cm³/mol.